The van der Waals surface area contributed by atoms with E-state index < -0.39 is 10.0 Å². The van der Waals surface area contributed by atoms with Crippen LogP contribution in [0.5, 0.6) is 0 Å². The Kier molecular flexibility index (Phi) is 2.80. The number of nitrogens with two attached hydrogens (primary N) is 1. The highest BCUT2D eigenvalue weighted by Gasteiger charge is 2.18. The molecule has 0 fully saturated rings. The average molecular weight is 236 g/mol. The predicted octanol–water partition coefficient (Wildman–Crippen LogP) is 1.18. The van der Waals surface area contributed by atoms with Crippen LogP contribution < -0.4 is 5.73 Å². The molecule has 1 aromatic carbocycles. The molecule has 84 valence electrons. The van der Waals surface area contributed by atoms with E-state index in [1.54, 1.807) is 36.4 Å². The lowest BCUT2D eigenvalue weighted by molar-refractivity contribution is 0.586. The second-order valence-electron chi connectivity index (χ2n) is 3.33. The maximum Gasteiger partial charge on any atom is 0.267 e. The number of aromatic nitrogens is 1. The standard InChI is InChI=1S/C11H12N2O2S/c12-9-10-5-1-2-6-11(10)16(14,15)13-7-3-4-8-13/h1-8H,9,12H2. The molecule has 0 saturated heterocycles. The van der Waals surface area contributed by atoms with E-state index in [0.717, 1.165) is 0 Å². The molecule has 16 heavy (non-hydrogen) atoms. The predicted molar refractivity (Wildman–Crippen MR) is 61.3 cm³/mol. The van der Waals surface area contributed by atoms with E-state index in [-0.39, 0.29) is 11.4 Å². The van der Waals surface area contributed by atoms with Crippen molar-refractivity contribution in [3.05, 3.63) is 54.4 Å². The molecule has 4 nitrogen and oxygen atoms in total. The Balaban J connectivity index is 2.61. The van der Waals surface area contributed by atoms with Crippen LogP contribution in [-0.2, 0) is 16.6 Å². The number of hydrogen-bond acceptors (Lipinski definition) is 3. The van der Waals surface area contributed by atoms with Crippen LogP contribution >= 0.6 is 0 Å². The smallest absolute Gasteiger partial charge is 0.267 e. The summed E-state index contributed by atoms with van der Waals surface area (Å²) in [5.41, 5.74) is 6.15. The number of rotatable bonds is 3. The van der Waals surface area contributed by atoms with Crippen LogP contribution in [0.2, 0.25) is 0 Å². The van der Waals surface area contributed by atoms with Crippen molar-refractivity contribution in [3.8, 4) is 0 Å². The van der Waals surface area contributed by atoms with Gasteiger partial charge in [0.2, 0.25) is 0 Å². The van der Waals surface area contributed by atoms with Gasteiger partial charge in [-0.1, -0.05) is 18.2 Å². The number of nitrogens with zero attached hydrogens (tertiary/aromatic N) is 1. The fourth-order valence-electron chi connectivity index (χ4n) is 1.52. The molecule has 0 aliphatic heterocycles. The van der Waals surface area contributed by atoms with Crippen molar-refractivity contribution in [2.75, 3.05) is 0 Å². The Bertz CT molecular complexity index is 574. The van der Waals surface area contributed by atoms with Crippen molar-refractivity contribution in [1.82, 2.24) is 3.97 Å². The lowest BCUT2D eigenvalue weighted by Crippen LogP contribution is -2.14. The molecule has 0 spiro atoms. The molecule has 0 amide bonds. The zero-order valence-electron chi connectivity index (χ0n) is 8.58. The number of benzene rings is 1. The van der Waals surface area contributed by atoms with Gasteiger partial charge >= 0.3 is 0 Å². The third-order valence-corrected chi connectivity index (χ3v) is 4.08. The molecule has 1 heterocycles. The van der Waals surface area contributed by atoms with E-state index in [9.17, 15) is 8.42 Å². The van der Waals surface area contributed by atoms with Gasteiger partial charge in [0, 0.05) is 18.9 Å². The second kappa shape index (κ2) is 4.11. The van der Waals surface area contributed by atoms with Crippen LogP contribution in [0.4, 0.5) is 0 Å². The fraction of sp³-hybridized carbons (Fsp3) is 0.0909. The largest absolute Gasteiger partial charge is 0.326 e. The molecule has 2 aromatic rings. The van der Waals surface area contributed by atoms with E-state index in [4.69, 9.17) is 5.73 Å². The normalized spacial score (nSPS) is 11.6. The molecule has 0 atom stereocenters. The summed E-state index contributed by atoms with van der Waals surface area (Å²) >= 11 is 0. The minimum atomic E-state index is -3.50. The summed E-state index contributed by atoms with van der Waals surface area (Å²) in [4.78, 5) is 0.258. The van der Waals surface area contributed by atoms with Crippen molar-refractivity contribution in [2.24, 2.45) is 5.73 Å². The quantitative estimate of drug-likeness (QED) is 0.870. The molecule has 0 radical (unpaired) electrons. The molecule has 0 aliphatic carbocycles. The molecular weight excluding hydrogens is 224 g/mol. The van der Waals surface area contributed by atoms with Gasteiger partial charge in [-0.15, -0.1) is 0 Å². The minimum absolute atomic E-state index is 0.205. The average Bonchev–Trinajstić information content (AvgIpc) is 2.83. The first-order valence-corrected chi connectivity index (χ1v) is 6.27. The van der Waals surface area contributed by atoms with E-state index in [1.807, 2.05) is 0 Å². The van der Waals surface area contributed by atoms with Crippen LogP contribution in [0.25, 0.3) is 0 Å². The van der Waals surface area contributed by atoms with Gasteiger partial charge in [-0.3, -0.25) is 0 Å². The first kappa shape index (κ1) is 10.9. The SMILES string of the molecule is NCc1ccccc1S(=O)(=O)n1cccc1. The van der Waals surface area contributed by atoms with Gasteiger partial charge in [0.25, 0.3) is 10.0 Å². The van der Waals surface area contributed by atoms with Crippen molar-refractivity contribution < 1.29 is 8.42 Å². The van der Waals surface area contributed by atoms with Crippen molar-refractivity contribution in [1.29, 1.82) is 0 Å². The Morgan fingerprint density at radius 3 is 2.31 bits per heavy atom. The first-order chi connectivity index (χ1) is 7.66. The fourth-order valence-corrected chi connectivity index (χ4v) is 2.94. The molecule has 0 unspecified atom stereocenters. The summed E-state index contributed by atoms with van der Waals surface area (Å²) in [5, 5.41) is 0. The van der Waals surface area contributed by atoms with Gasteiger partial charge in [0.1, 0.15) is 0 Å². The van der Waals surface area contributed by atoms with Gasteiger partial charge in [-0.05, 0) is 23.8 Å². The number of hydrogen-bond donors (Lipinski definition) is 1. The summed E-state index contributed by atoms with van der Waals surface area (Å²) in [6, 6.07) is 10.1. The minimum Gasteiger partial charge on any atom is -0.326 e. The molecule has 1 aromatic heterocycles. The van der Waals surface area contributed by atoms with Crippen molar-refractivity contribution in [2.45, 2.75) is 11.4 Å². The lowest BCUT2D eigenvalue weighted by atomic mass is 10.2. The van der Waals surface area contributed by atoms with Gasteiger partial charge in [-0.2, -0.15) is 0 Å². The molecular formula is C11H12N2O2S. The summed E-state index contributed by atoms with van der Waals surface area (Å²) in [5.74, 6) is 0. The molecule has 2 rings (SSSR count). The summed E-state index contributed by atoms with van der Waals surface area (Å²) < 4.78 is 25.5. The van der Waals surface area contributed by atoms with Crippen LogP contribution in [-0.4, -0.2) is 12.4 Å². The van der Waals surface area contributed by atoms with Gasteiger partial charge in [-0.25, -0.2) is 12.4 Å². The summed E-state index contributed by atoms with van der Waals surface area (Å²) in [7, 11) is -3.50. The maximum absolute atomic E-state index is 12.2. The second-order valence-corrected chi connectivity index (χ2v) is 5.14. The van der Waals surface area contributed by atoms with E-state index >= 15 is 0 Å². The van der Waals surface area contributed by atoms with E-state index in [1.165, 1.54) is 16.4 Å². The van der Waals surface area contributed by atoms with Crippen molar-refractivity contribution in [3.63, 3.8) is 0 Å². The first-order valence-electron chi connectivity index (χ1n) is 4.83. The van der Waals surface area contributed by atoms with E-state index in [2.05, 4.69) is 0 Å². The van der Waals surface area contributed by atoms with Crippen LogP contribution in [0.1, 0.15) is 5.56 Å². The zero-order chi connectivity index (χ0) is 11.6. The molecule has 5 heteroatoms. The van der Waals surface area contributed by atoms with Crippen LogP contribution in [0.3, 0.4) is 0 Å². The molecule has 0 saturated carbocycles. The van der Waals surface area contributed by atoms with Crippen LogP contribution in [0.15, 0.2) is 53.7 Å². The topological polar surface area (TPSA) is 65.1 Å². The highest BCUT2D eigenvalue weighted by atomic mass is 32.2. The van der Waals surface area contributed by atoms with Crippen molar-refractivity contribution >= 4 is 10.0 Å². The highest BCUT2D eigenvalue weighted by molar-refractivity contribution is 7.90. The maximum atomic E-state index is 12.2. The van der Waals surface area contributed by atoms with Crippen LogP contribution in [0, 0.1) is 0 Å². The molecule has 0 aliphatic rings. The van der Waals surface area contributed by atoms with Gasteiger partial charge < -0.3 is 5.73 Å². The Hall–Kier alpha value is -1.59. The van der Waals surface area contributed by atoms with E-state index in [0.29, 0.717) is 5.56 Å². The summed E-state index contributed by atoms with van der Waals surface area (Å²) in [6.07, 6.45) is 3.01. The molecule has 2 N–H and O–H groups in total. The zero-order valence-corrected chi connectivity index (χ0v) is 9.39. The third-order valence-electron chi connectivity index (χ3n) is 2.33. The molecule has 0 bridgehead atoms. The van der Waals surface area contributed by atoms with Gasteiger partial charge in [0.15, 0.2) is 0 Å². The third kappa shape index (κ3) is 1.75. The monoisotopic (exact) mass is 236 g/mol. The Labute approximate surface area is 94.4 Å². The Morgan fingerprint density at radius 1 is 1.06 bits per heavy atom. The highest BCUT2D eigenvalue weighted by Crippen LogP contribution is 2.18. The lowest BCUT2D eigenvalue weighted by Gasteiger charge is -2.09. The Morgan fingerprint density at radius 2 is 1.69 bits per heavy atom. The van der Waals surface area contributed by atoms with Gasteiger partial charge in [0.05, 0.1) is 4.90 Å². The summed E-state index contributed by atoms with van der Waals surface area (Å²) in [6.45, 7) is 0.205.